The van der Waals surface area contributed by atoms with Crippen LogP contribution in [0.2, 0.25) is 0 Å². The Balaban J connectivity index is 2.28. The van der Waals surface area contributed by atoms with Crippen molar-refractivity contribution in [2.45, 2.75) is 19.5 Å². The van der Waals surface area contributed by atoms with Crippen molar-refractivity contribution in [2.24, 2.45) is 0 Å². The standard InChI is InChI=1S/C10H14P/c1-2-8-11-9-10-6-4-3-5-7-10/h3-7H,2,8-9H2,1H3. The van der Waals surface area contributed by atoms with Crippen molar-refractivity contribution < 1.29 is 0 Å². The first-order valence-electron chi connectivity index (χ1n) is 4.10. The summed E-state index contributed by atoms with van der Waals surface area (Å²) in [6.07, 6.45) is 3.85. The first-order chi connectivity index (χ1) is 5.43. The molecule has 0 saturated carbocycles. The van der Waals surface area contributed by atoms with Gasteiger partial charge in [0.05, 0.1) is 0 Å². The third kappa shape index (κ3) is 3.53. The zero-order valence-corrected chi connectivity index (χ0v) is 7.85. The van der Waals surface area contributed by atoms with Gasteiger partial charge in [0.15, 0.2) is 0 Å². The van der Waals surface area contributed by atoms with Gasteiger partial charge in [0.25, 0.3) is 0 Å². The van der Waals surface area contributed by atoms with Gasteiger partial charge in [-0.05, 0) is 17.9 Å². The number of hydrogen-bond acceptors (Lipinski definition) is 0. The molecule has 0 amide bonds. The lowest BCUT2D eigenvalue weighted by molar-refractivity contribution is 1.10. The topological polar surface area (TPSA) is 0 Å². The molecule has 0 atom stereocenters. The van der Waals surface area contributed by atoms with Crippen LogP contribution in [0.15, 0.2) is 30.3 Å². The molecule has 0 nitrogen and oxygen atoms in total. The van der Waals surface area contributed by atoms with Crippen LogP contribution in [0, 0.1) is 0 Å². The summed E-state index contributed by atoms with van der Waals surface area (Å²) in [4.78, 5) is 0. The summed E-state index contributed by atoms with van der Waals surface area (Å²) in [6.45, 7) is 2.23. The van der Waals surface area contributed by atoms with Crippen molar-refractivity contribution in [1.29, 1.82) is 0 Å². The maximum absolute atomic E-state index is 2.23. The maximum atomic E-state index is 2.23. The molecule has 0 aliphatic carbocycles. The Kier molecular flexibility index (Phi) is 4.23. The molecule has 0 aliphatic rings. The lowest BCUT2D eigenvalue weighted by Crippen LogP contribution is -1.77. The third-order valence-corrected chi connectivity index (χ3v) is 2.87. The molecule has 0 bridgehead atoms. The third-order valence-electron chi connectivity index (χ3n) is 1.52. The molecular formula is C10H14P. The van der Waals surface area contributed by atoms with Crippen molar-refractivity contribution >= 4 is 8.58 Å². The highest BCUT2D eigenvalue weighted by Gasteiger charge is 1.89. The van der Waals surface area contributed by atoms with Crippen molar-refractivity contribution in [3.63, 3.8) is 0 Å². The van der Waals surface area contributed by atoms with E-state index in [4.69, 9.17) is 0 Å². The quantitative estimate of drug-likeness (QED) is 0.473. The summed E-state index contributed by atoms with van der Waals surface area (Å²) in [5, 5.41) is 0. The van der Waals surface area contributed by atoms with E-state index in [0.29, 0.717) is 0 Å². The molecule has 0 N–H and O–H groups in total. The summed E-state index contributed by atoms with van der Waals surface area (Å²) >= 11 is 0. The monoisotopic (exact) mass is 165 g/mol. The van der Waals surface area contributed by atoms with E-state index in [-0.39, 0.29) is 0 Å². The van der Waals surface area contributed by atoms with Gasteiger partial charge < -0.3 is 0 Å². The number of hydrogen-bond donors (Lipinski definition) is 0. The Bertz CT molecular complexity index is 181. The van der Waals surface area contributed by atoms with Gasteiger partial charge in [-0.2, -0.15) is 0 Å². The van der Waals surface area contributed by atoms with Crippen LogP contribution in [-0.4, -0.2) is 6.16 Å². The van der Waals surface area contributed by atoms with Gasteiger partial charge in [-0.25, -0.2) is 0 Å². The van der Waals surface area contributed by atoms with E-state index in [2.05, 4.69) is 37.3 Å². The molecule has 59 valence electrons. The summed E-state index contributed by atoms with van der Waals surface area (Å²) in [6, 6.07) is 10.7. The highest BCUT2D eigenvalue weighted by Crippen LogP contribution is 2.18. The van der Waals surface area contributed by atoms with E-state index in [0.717, 1.165) is 0 Å². The van der Waals surface area contributed by atoms with Gasteiger partial charge >= 0.3 is 0 Å². The average Bonchev–Trinajstić information content (AvgIpc) is 2.07. The van der Waals surface area contributed by atoms with E-state index in [9.17, 15) is 0 Å². The highest BCUT2D eigenvalue weighted by atomic mass is 31.1. The van der Waals surface area contributed by atoms with Gasteiger partial charge in [-0.1, -0.05) is 52.3 Å². The van der Waals surface area contributed by atoms with Crippen LogP contribution in [0.25, 0.3) is 0 Å². The molecule has 1 heteroatoms. The summed E-state index contributed by atoms with van der Waals surface area (Å²) < 4.78 is 0. The van der Waals surface area contributed by atoms with Crippen LogP contribution in [0.4, 0.5) is 0 Å². The lowest BCUT2D eigenvalue weighted by atomic mass is 10.2. The van der Waals surface area contributed by atoms with E-state index >= 15 is 0 Å². The maximum Gasteiger partial charge on any atom is -0.00342 e. The van der Waals surface area contributed by atoms with Crippen molar-refractivity contribution in [1.82, 2.24) is 0 Å². The van der Waals surface area contributed by atoms with Gasteiger partial charge in [0.1, 0.15) is 0 Å². The van der Waals surface area contributed by atoms with Crippen molar-refractivity contribution in [3.05, 3.63) is 35.9 Å². The minimum absolute atomic E-state index is 1.22. The fraction of sp³-hybridized carbons (Fsp3) is 0.400. The minimum atomic E-state index is 1.22. The van der Waals surface area contributed by atoms with Gasteiger partial charge in [-0.3, -0.25) is 0 Å². The second-order valence-electron chi connectivity index (χ2n) is 2.59. The average molecular weight is 165 g/mol. The molecule has 1 aromatic rings. The number of benzene rings is 1. The molecular weight excluding hydrogens is 151 g/mol. The molecule has 0 fully saturated rings. The molecule has 11 heavy (non-hydrogen) atoms. The van der Waals surface area contributed by atoms with Crippen LogP contribution in [-0.2, 0) is 6.16 Å². The normalized spacial score (nSPS) is 11.0. The largest absolute Gasteiger partial charge is 0.0762 e. The van der Waals surface area contributed by atoms with E-state index in [1.54, 1.807) is 8.58 Å². The Morgan fingerprint density at radius 1 is 1.18 bits per heavy atom. The van der Waals surface area contributed by atoms with Crippen LogP contribution < -0.4 is 0 Å². The van der Waals surface area contributed by atoms with Crippen LogP contribution in [0.5, 0.6) is 0 Å². The first kappa shape index (κ1) is 8.74. The zero-order chi connectivity index (χ0) is 7.94. The molecule has 0 aromatic heterocycles. The molecule has 0 saturated heterocycles. The van der Waals surface area contributed by atoms with Crippen LogP contribution in [0.3, 0.4) is 0 Å². The van der Waals surface area contributed by atoms with Crippen molar-refractivity contribution in [3.8, 4) is 0 Å². The Hall–Kier alpha value is -0.350. The fourth-order valence-electron chi connectivity index (χ4n) is 0.950. The first-order valence-corrected chi connectivity index (χ1v) is 5.37. The van der Waals surface area contributed by atoms with Crippen LogP contribution >= 0.6 is 8.58 Å². The van der Waals surface area contributed by atoms with Gasteiger partial charge in [0.2, 0.25) is 0 Å². The van der Waals surface area contributed by atoms with Gasteiger partial charge in [0, 0.05) is 0 Å². The van der Waals surface area contributed by atoms with E-state index < -0.39 is 0 Å². The fourth-order valence-corrected chi connectivity index (χ4v) is 1.89. The predicted molar refractivity (Wildman–Crippen MR) is 52.2 cm³/mol. The summed E-state index contributed by atoms with van der Waals surface area (Å²) in [5.74, 6) is 0. The van der Waals surface area contributed by atoms with E-state index in [1.807, 2.05) is 0 Å². The molecule has 1 aromatic carbocycles. The summed E-state index contributed by atoms with van der Waals surface area (Å²) in [5.41, 5.74) is 1.46. The highest BCUT2D eigenvalue weighted by molar-refractivity contribution is 7.37. The molecule has 0 spiro atoms. The second kappa shape index (κ2) is 5.32. The summed E-state index contributed by atoms with van der Waals surface area (Å²) in [7, 11) is 1.56. The Morgan fingerprint density at radius 2 is 1.91 bits per heavy atom. The molecule has 0 aliphatic heterocycles. The Morgan fingerprint density at radius 3 is 2.55 bits per heavy atom. The Labute approximate surface area is 70.8 Å². The molecule has 0 unspecified atom stereocenters. The zero-order valence-electron chi connectivity index (χ0n) is 6.96. The molecule has 1 rings (SSSR count). The van der Waals surface area contributed by atoms with Crippen molar-refractivity contribution in [2.75, 3.05) is 6.16 Å². The minimum Gasteiger partial charge on any atom is -0.0762 e. The molecule has 1 radical (unpaired) electrons. The predicted octanol–water partition coefficient (Wildman–Crippen LogP) is 3.54. The van der Waals surface area contributed by atoms with Crippen LogP contribution in [0.1, 0.15) is 18.9 Å². The lowest BCUT2D eigenvalue weighted by Gasteiger charge is -1.97. The molecule has 0 heterocycles. The smallest absolute Gasteiger partial charge is 0.00342 e. The number of rotatable bonds is 4. The second-order valence-corrected chi connectivity index (χ2v) is 3.80. The SMILES string of the molecule is CCC[P]Cc1ccccc1. The van der Waals surface area contributed by atoms with E-state index in [1.165, 1.54) is 24.3 Å². The van der Waals surface area contributed by atoms with Gasteiger partial charge in [-0.15, -0.1) is 0 Å².